The summed E-state index contributed by atoms with van der Waals surface area (Å²) in [5.41, 5.74) is 7.49. The van der Waals surface area contributed by atoms with Crippen molar-refractivity contribution in [1.29, 1.82) is 5.26 Å². The predicted octanol–water partition coefficient (Wildman–Crippen LogP) is 5.22. The van der Waals surface area contributed by atoms with E-state index in [1.54, 1.807) is 6.20 Å². The molecule has 0 saturated heterocycles. The van der Waals surface area contributed by atoms with Crippen LogP contribution in [0.25, 0.3) is 22.0 Å². The Balaban J connectivity index is 1.85. The van der Waals surface area contributed by atoms with Crippen molar-refractivity contribution in [2.45, 2.75) is 6.92 Å². The number of hydrogen-bond acceptors (Lipinski definition) is 4. The van der Waals surface area contributed by atoms with Crippen LogP contribution in [-0.2, 0) is 0 Å². The van der Waals surface area contributed by atoms with Gasteiger partial charge in [0.2, 0.25) is 0 Å². The Morgan fingerprint density at radius 2 is 1.96 bits per heavy atom. The fourth-order valence-corrected chi connectivity index (χ4v) is 3.40. The van der Waals surface area contributed by atoms with Crippen molar-refractivity contribution >= 4 is 28.0 Å². The zero-order chi connectivity index (χ0) is 19.7. The van der Waals surface area contributed by atoms with Gasteiger partial charge in [-0.15, -0.1) is 0 Å². The molecule has 0 unspecified atom stereocenters. The summed E-state index contributed by atoms with van der Waals surface area (Å²) in [4.78, 5) is 9.58. The van der Waals surface area contributed by atoms with Gasteiger partial charge < -0.3 is 15.2 Å². The largest absolute Gasteiger partial charge is 0.378 e. The van der Waals surface area contributed by atoms with E-state index in [9.17, 15) is 5.26 Å². The lowest BCUT2D eigenvalue weighted by Crippen LogP contribution is -2.08. The molecule has 138 valence electrons. The zero-order valence-electron chi connectivity index (χ0n) is 16.1. The maximum absolute atomic E-state index is 9.68. The zero-order valence-corrected chi connectivity index (χ0v) is 16.1. The molecule has 2 aromatic heterocycles. The topological polar surface area (TPSA) is 67.7 Å². The average Bonchev–Trinajstić information content (AvgIpc) is 3.20. The molecule has 4 aromatic rings. The van der Waals surface area contributed by atoms with E-state index >= 15 is 0 Å². The number of anilines is 3. The van der Waals surface area contributed by atoms with Crippen LogP contribution in [0.5, 0.6) is 0 Å². The third kappa shape index (κ3) is 3.06. The van der Waals surface area contributed by atoms with Crippen molar-refractivity contribution in [3.8, 4) is 17.2 Å². The summed E-state index contributed by atoms with van der Waals surface area (Å²) in [5, 5.41) is 14.3. The molecule has 0 radical (unpaired) electrons. The third-order valence-corrected chi connectivity index (χ3v) is 5.00. The van der Waals surface area contributed by atoms with Crippen LogP contribution in [0.1, 0.15) is 11.1 Å². The lowest BCUT2D eigenvalue weighted by Gasteiger charge is -2.18. The molecule has 0 saturated carbocycles. The fourth-order valence-electron chi connectivity index (χ4n) is 3.40. The highest BCUT2D eigenvalue weighted by molar-refractivity contribution is 5.91. The Bertz CT molecular complexity index is 1200. The van der Waals surface area contributed by atoms with Crippen molar-refractivity contribution in [1.82, 2.24) is 9.97 Å². The number of benzene rings is 2. The summed E-state index contributed by atoms with van der Waals surface area (Å²) >= 11 is 0. The molecular formula is C23H21N5. The van der Waals surface area contributed by atoms with Gasteiger partial charge in [0.1, 0.15) is 6.07 Å². The fraction of sp³-hybridized carbons (Fsp3) is 0.130. The SMILES string of the molecule is Cc1c(Nc2c(C#N)cncc2-c2cccc(N(C)C)c2)ccc2[nH]ccc12. The summed E-state index contributed by atoms with van der Waals surface area (Å²) in [6.07, 6.45) is 5.35. The summed E-state index contributed by atoms with van der Waals surface area (Å²) in [6.45, 7) is 2.08. The van der Waals surface area contributed by atoms with E-state index in [1.807, 2.05) is 50.8 Å². The van der Waals surface area contributed by atoms with Gasteiger partial charge in [-0.25, -0.2) is 0 Å². The van der Waals surface area contributed by atoms with Crippen LogP contribution in [0.4, 0.5) is 17.1 Å². The highest BCUT2D eigenvalue weighted by Gasteiger charge is 2.14. The molecule has 0 fully saturated rings. The van der Waals surface area contributed by atoms with Crippen molar-refractivity contribution in [2.24, 2.45) is 0 Å². The molecule has 0 aliphatic carbocycles. The number of nitrogens with zero attached hydrogens (tertiary/aromatic N) is 3. The number of aromatic nitrogens is 2. The summed E-state index contributed by atoms with van der Waals surface area (Å²) in [5.74, 6) is 0. The maximum Gasteiger partial charge on any atom is 0.103 e. The normalized spacial score (nSPS) is 10.6. The number of hydrogen-bond donors (Lipinski definition) is 2. The minimum Gasteiger partial charge on any atom is -0.378 e. The second-order valence-electron chi connectivity index (χ2n) is 6.97. The first-order valence-electron chi connectivity index (χ1n) is 9.08. The van der Waals surface area contributed by atoms with Gasteiger partial charge in [-0.2, -0.15) is 5.26 Å². The number of aryl methyl sites for hydroxylation is 1. The number of nitrogens with one attached hydrogen (secondary N) is 2. The van der Waals surface area contributed by atoms with E-state index in [2.05, 4.69) is 51.4 Å². The van der Waals surface area contributed by atoms with E-state index in [0.29, 0.717) is 5.56 Å². The van der Waals surface area contributed by atoms with E-state index in [1.165, 1.54) is 0 Å². The highest BCUT2D eigenvalue weighted by atomic mass is 15.1. The Morgan fingerprint density at radius 1 is 1.11 bits per heavy atom. The van der Waals surface area contributed by atoms with Gasteiger partial charge in [0.05, 0.1) is 11.3 Å². The first-order valence-corrected chi connectivity index (χ1v) is 9.08. The molecule has 5 heteroatoms. The van der Waals surface area contributed by atoms with Crippen LogP contribution in [0.15, 0.2) is 61.1 Å². The van der Waals surface area contributed by atoms with Crippen LogP contribution < -0.4 is 10.2 Å². The Morgan fingerprint density at radius 3 is 2.75 bits per heavy atom. The molecule has 0 aliphatic rings. The molecule has 0 atom stereocenters. The van der Waals surface area contributed by atoms with E-state index in [-0.39, 0.29) is 0 Å². The maximum atomic E-state index is 9.68. The summed E-state index contributed by atoms with van der Waals surface area (Å²) in [7, 11) is 4.02. The van der Waals surface area contributed by atoms with Gasteiger partial charge in [-0.05, 0) is 48.4 Å². The van der Waals surface area contributed by atoms with Crippen LogP contribution in [0, 0.1) is 18.3 Å². The van der Waals surface area contributed by atoms with Gasteiger partial charge >= 0.3 is 0 Å². The van der Waals surface area contributed by atoms with Gasteiger partial charge in [0, 0.05) is 60.5 Å². The molecule has 0 spiro atoms. The van der Waals surface area contributed by atoms with Crippen molar-refractivity contribution < 1.29 is 0 Å². The molecule has 2 heterocycles. The monoisotopic (exact) mass is 367 g/mol. The molecule has 2 N–H and O–H groups in total. The Labute approximate surface area is 164 Å². The smallest absolute Gasteiger partial charge is 0.103 e. The number of fused-ring (bicyclic) bond motifs is 1. The Kier molecular flexibility index (Phi) is 4.46. The molecule has 0 aliphatic heterocycles. The van der Waals surface area contributed by atoms with Crippen molar-refractivity contribution in [2.75, 3.05) is 24.3 Å². The van der Waals surface area contributed by atoms with Crippen LogP contribution in [0.3, 0.4) is 0 Å². The predicted molar refractivity (Wildman–Crippen MR) is 115 cm³/mol. The number of pyridine rings is 1. The molecular weight excluding hydrogens is 346 g/mol. The number of aromatic amines is 1. The van der Waals surface area contributed by atoms with Gasteiger partial charge in [0.25, 0.3) is 0 Å². The average molecular weight is 367 g/mol. The molecule has 4 rings (SSSR count). The first kappa shape index (κ1) is 17.6. The first-order chi connectivity index (χ1) is 13.6. The number of nitriles is 1. The lowest BCUT2D eigenvalue weighted by molar-refractivity contribution is 1.13. The van der Waals surface area contributed by atoms with Crippen molar-refractivity contribution in [3.63, 3.8) is 0 Å². The summed E-state index contributed by atoms with van der Waals surface area (Å²) in [6, 6.07) is 16.6. The Hall–Kier alpha value is -3.78. The highest BCUT2D eigenvalue weighted by Crippen LogP contribution is 2.35. The quantitative estimate of drug-likeness (QED) is 0.519. The third-order valence-electron chi connectivity index (χ3n) is 5.00. The second kappa shape index (κ2) is 7.09. The molecule has 2 aromatic carbocycles. The van der Waals surface area contributed by atoms with E-state index < -0.39 is 0 Å². The standard InChI is InChI=1S/C23H21N5/c1-15-19-9-10-26-22(19)8-7-21(15)27-23-17(12-24)13-25-14-20(23)16-5-4-6-18(11-16)28(2)3/h4-11,13-14,26H,1-3H3,(H,25,27). The van der Waals surface area contributed by atoms with Gasteiger partial charge in [-0.1, -0.05) is 12.1 Å². The van der Waals surface area contributed by atoms with Gasteiger partial charge in [-0.3, -0.25) is 4.98 Å². The minimum absolute atomic E-state index is 0.515. The molecule has 0 amide bonds. The molecule has 5 nitrogen and oxygen atoms in total. The van der Waals surface area contributed by atoms with Crippen LogP contribution in [0.2, 0.25) is 0 Å². The second-order valence-corrected chi connectivity index (χ2v) is 6.97. The van der Waals surface area contributed by atoms with Gasteiger partial charge in [0.15, 0.2) is 0 Å². The minimum atomic E-state index is 0.515. The van der Waals surface area contributed by atoms with Crippen LogP contribution >= 0.6 is 0 Å². The number of rotatable bonds is 4. The lowest BCUT2D eigenvalue weighted by atomic mass is 10.0. The van der Waals surface area contributed by atoms with Crippen LogP contribution in [-0.4, -0.2) is 24.1 Å². The molecule has 28 heavy (non-hydrogen) atoms. The summed E-state index contributed by atoms with van der Waals surface area (Å²) < 4.78 is 0. The van der Waals surface area contributed by atoms with E-state index in [0.717, 1.165) is 44.7 Å². The molecule has 0 bridgehead atoms. The number of H-pyrrole nitrogens is 1. The van der Waals surface area contributed by atoms with E-state index in [4.69, 9.17) is 0 Å². The van der Waals surface area contributed by atoms with Crippen molar-refractivity contribution in [3.05, 3.63) is 72.2 Å².